The van der Waals surface area contributed by atoms with Gasteiger partial charge in [0.15, 0.2) is 0 Å². The third-order valence-corrected chi connectivity index (χ3v) is 7.77. The third-order valence-electron chi connectivity index (χ3n) is 7.77. The maximum Gasteiger partial charge on any atom is 0.410 e. The zero-order chi connectivity index (χ0) is 29.9. The van der Waals surface area contributed by atoms with Crippen molar-refractivity contribution in [3.05, 3.63) is 71.8 Å². The van der Waals surface area contributed by atoms with Crippen molar-refractivity contribution in [2.75, 3.05) is 46.3 Å². The second-order valence-electron chi connectivity index (χ2n) is 10.8. The van der Waals surface area contributed by atoms with Crippen LogP contribution in [-0.4, -0.2) is 107 Å². The first-order chi connectivity index (χ1) is 20.3. The number of nitrogens with zero attached hydrogens (tertiary/aromatic N) is 4. The number of amides is 3. The topological polar surface area (TPSA) is 120 Å². The summed E-state index contributed by atoms with van der Waals surface area (Å²) in [6.07, 6.45) is 1.84. The van der Waals surface area contributed by atoms with Crippen molar-refractivity contribution < 1.29 is 33.8 Å². The largest absolute Gasteiger partial charge is 0.480 e. The maximum atomic E-state index is 12.8. The highest BCUT2D eigenvalue weighted by Crippen LogP contribution is 2.22. The van der Waals surface area contributed by atoms with Gasteiger partial charge in [-0.3, -0.25) is 14.6 Å². The summed E-state index contributed by atoms with van der Waals surface area (Å²) in [5, 5.41) is 8.97. The Balaban J connectivity index is 0.000000201. The molecule has 3 aliphatic rings. The van der Waals surface area contributed by atoms with Crippen LogP contribution in [0.1, 0.15) is 36.8 Å². The number of aliphatic carboxylic acids is 1. The minimum Gasteiger partial charge on any atom is -0.480 e. The summed E-state index contributed by atoms with van der Waals surface area (Å²) < 4.78 is 10.5. The van der Waals surface area contributed by atoms with Crippen LogP contribution in [-0.2, 0) is 32.3 Å². The van der Waals surface area contributed by atoms with Crippen molar-refractivity contribution in [3.63, 3.8) is 0 Å². The lowest BCUT2D eigenvalue weighted by atomic mass is 10.1. The molecule has 0 aromatic heterocycles. The molecule has 2 aromatic rings. The molecule has 3 saturated heterocycles. The van der Waals surface area contributed by atoms with E-state index in [1.54, 1.807) is 4.90 Å². The number of benzene rings is 2. The van der Waals surface area contributed by atoms with E-state index in [4.69, 9.17) is 14.6 Å². The number of likely N-dealkylation sites (tertiary alicyclic amines) is 2. The van der Waals surface area contributed by atoms with Gasteiger partial charge in [0.25, 0.3) is 0 Å². The quantitative estimate of drug-likeness (QED) is 0.552. The monoisotopic (exact) mass is 580 g/mol. The molecule has 2 aromatic carbocycles. The van der Waals surface area contributed by atoms with Gasteiger partial charge in [0, 0.05) is 39.3 Å². The number of carbonyl (C=O) groups is 4. The molecule has 0 unspecified atom stereocenters. The van der Waals surface area contributed by atoms with Crippen molar-refractivity contribution >= 4 is 24.1 Å². The molecule has 0 aliphatic carbocycles. The third kappa shape index (κ3) is 8.45. The average molecular weight is 581 g/mol. The fourth-order valence-corrected chi connectivity index (χ4v) is 5.33. The van der Waals surface area contributed by atoms with Crippen LogP contribution in [0.2, 0.25) is 0 Å². The van der Waals surface area contributed by atoms with Crippen LogP contribution in [0, 0.1) is 0 Å². The van der Waals surface area contributed by atoms with Gasteiger partial charge in [-0.1, -0.05) is 60.7 Å². The average Bonchev–Trinajstić information content (AvgIpc) is 3.71. The van der Waals surface area contributed by atoms with Crippen molar-refractivity contribution in [1.29, 1.82) is 0 Å². The lowest BCUT2D eigenvalue weighted by Crippen LogP contribution is -2.53. The van der Waals surface area contributed by atoms with Gasteiger partial charge in [0.2, 0.25) is 5.91 Å². The van der Waals surface area contributed by atoms with Gasteiger partial charge in [-0.05, 0) is 43.9 Å². The Kier molecular flexibility index (Phi) is 11.2. The van der Waals surface area contributed by atoms with Crippen LogP contribution >= 0.6 is 0 Å². The van der Waals surface area contributed by atoms with Gasteiger partial charge in [-0.2, -0.15) is 0 Å². The van der Waals surface area contributed by atoms with E-state index < -0.39 is 18.1 Å². The Morgan fingerprint density at radius 1 is 0.690 bits per heavy atom. The van der Waals surface area contributed by atoms with Gasteiger partial charge < -0.3 is 24.4 Å². The van der Waals surface area contributed by atoms with Crippen LogP contribution in [0.25, 0.3) is 0 Å². The van der Waals surface area contributed by atoms with Crippen LogP contribution < -0.4 is 0 Å². The highest BCUT2D eigenvalue weighted by Gasteiger charge is 2.38. The maximum absolute atomic E-state index is 12.8. The normalized spacial score (nSPS) is 20.5. The van der Waals surface area contributed by atoms with Gasteiger partial charge in [-0.15, -0.1) is 0 Å². The zero-order valence-corrected chi connectivity index (χ0v) is 24.1. The lowest BCUT2D eigenvalue weighted by Gasteiger charge is -2.35. The van der Waals surface area contributed by atoms with E-state index in [1.165, 1.54) is 4.90 Å². The van der Waals surface area contributed by atoms with E-state index in [0.29, 0.717) is 25.9 Å². The summed E-state index contributed by atoms with van der Waals surface area (Å²) >= 11 is 0. The highest BCUT2D eigenvalue weighted by molar-refractivity contribution is 5.86. The Morgan fingerprint density at radius 3 is 1.62 bits per heavy atom. The fourth-order valence-electron chi connectivity index (χ4n) is 5.33. The summed E-state index contributed by atoms with van der Waals surface area (Å²) in [5.74, 6) is -0.901. The predicted octanol–water partition coefficient (Wildman–Crippen LogP) is 3.43. The van der Waals surface area contributed by atoms with Crippen LogP contribution in [0.15, 0.2) is 60.7 Å². The lowest BCUT2D eigenvalue weighted by molar-refractivity contribution is -0.141. The second-order valence-corrected chi connectivity index (χ2v) is 10.8. The summed E-state index contributed by atoms with van der Waals surface area (Å²) in [4.78, 5) is 54.8. The van der Waals surface area contributed by atoms with Crippen LogP contribution in [0.4, 0.5) is 9.59 Å². The SMILES string of the molecule is CN1CCN(C(=O)[C@@H]2CCCN2C(=O)OCc2ccccc2)CC1.O=C(O)[C@@H]1CCCN1C(=O)OCc1ccccc1. The Morgan fingerprint density at radius 2 is 1.14 bits per heavy atom. The van der Waals surface area contributed by atoms with E-state index >= 15 is 0 Å². The number of carboxylic acids is 1. The molecule has 0 saturated carbocycles. The van der Waals surface area contributed by atoms with Crippen molar-refractivity contribution in [3.8, 4) is 0 Å². The number of piperazine rings is 1. The standard InChI is InChI=1S/C18H25N3O3.C13H15NO4/c1-19-10-12-20(13-11-19)17(22)16-8-5-9-21(16)18(23)24-14-15-6-3-2-4-7-15;15-12(16)11-7-4-8-14(11)13(17)18-9-10-5-2-1-3-6-10/h2-4,6-7,16H,5,8-14H2,1H3;1-3,5-6,11H,4,7-9H2,(H,15,16)/t16-;11-/m00/s1. The molecular weight excluding hydrogens is 540 g/mol. The molecule has 11 heteroatoms. The summed E-state index contributed by atoms with van der Waals surface area (Å²) in [7, 11) is 2.06. The van der Waals surface area contributed by atoms with E-state index in [0.717, 1.165) is 50.1 Å². The number of hydrogen-bond donors (Lipinski definition) is 1. The van der Waals surface area contributed by atoms with Crippen LogP contribution in [0.3, 0.4) is 0 Å². The number of hydrogen-bond acceptors (Lipinski definition) is 7. The highest BCUT2D eigenvalue weighted by atomic mass is 16.6. The fraction of sp³-hybridized carbons (Fsp3) is 0.484. The molecule has 3 aliphatic heterocycles. The summed E-state index contributed by atoms with van der Waals surface area (Å²) in [6, 6.07) is 17.8. The first-order valence-electron chi connectivity index (χ1n) is 14.5. The molecule has 42 heavy (non-hydrogen) atoms. The van der Waals surface area contributed by atoms with Gasteiger partial charge in [0.1, 0.15) is 25.3 Å². The minimum atomic E-state index is -0.968. The van der Waals surface area contributed by atoms with E-state index in [1.807, 2.05) is 65.6 Å². The first-order valence-corrected chi connectivity index (χ1v) is 14.5. The molecule has 3 fully saturated rings. The molecule has 3 amide bonds. The summed E-state index contributed by atoms with van der Waals surface area (Å²) in [5.41, 5.74) is 1.84. The van der Waals surface area contributed by atoms with Gasteiger partial charge in [-0.25, -0.2) is 14.4 Å². The molecule has 0 spiro atoms. The number of carbonyl (C=O) groups excluding carboxylic acids is 3. The molecule has 1 N–H and O–H groups in total. The smallest absolute Gasteiger partial charge is 0.410 e. The first kappa shape index (κ1) is 30.8. The number of rotatable bonds is 6. The molecule has 5 rings (SSSR count). The predicted molar refractivity (Wildman–Crippen MR) is 154 cm³/mol. The van der Waals surface area contributed by atoms with Crippen LogP contribution in [0.5, 0.6) is 0 Å². The molecular formula is C31H40N4O7. The zero-order valence-electron chi connectivity index (χ0n) is 24.1. The van der Waals surface area contributed by atoms with Crippen molar-refractivity contribution in [2.24, 2.45) is 0 Å². The van der Waals surface area contributed by atoms with Crippen molar-refractivity contribution in [1.82, 2.24) is 19.6 Å². The van der Waals surface area contributed by atoms with E-state index in [9.17, 15) is 19.2 Å². The molecule has 0 bridgehead atoms. The second kappa shape index (κ2) is 15.2. The van der Waals surface area contributed by atoms with E-state index in [-0.39, 0.29) is 31.3 Å². The Hall–Kier alpha value is -4.12. The van der Waals surface area contributed by atoms with Crippen molar-refractivity contribution in [2.45, 2.75) is 51.0 Å². The molecule has 3 heterocycles. The molecule has 226 valence electrons. The van der Waals surface area contributed by atoms with Gasteiger partial charge in [0.05, 0.1) is 0 Å². The summed E-state index contributed by atoms with van der Waals surface area (Å²) in [6.45, 7) is 4.70. The minimum absolute atomic E-state index is 0.0669. The van der Waals surface area contributed by atoms with Gasteiger partial charge >= 0.3 is 18.2 Å². The van der Waals surface area contributed by atoms with E-state index in [2.05, 4.69) is 11.9 Å². The number of carboxylic acid groups (broad SMARTS) is 1. The molecule has 0 radical (unpaired) electrons. The Bertz CT molecular complexity index is 1190. The molecule has 2 atom stereocenters. The Labute approximate surface area is 246 Å². The number of ether oxygens (including phenoxy) is 2. The number of likely N-dealkylation sites (N-methyl/N-ethyl adjacent to an activating group) is 1. The molecule has 11 nitrogen and oxygen atoms in total.